The minimum Gasteiger partial charge on any atom is -0.463 e. The van der Waals surface area contributed by atoms with E-state index in [1.54, 1.807) is 6.92 Å². The van der Waals surface area contributed by atoms with E-state index in [1.807, 2.05) is 0 Å². The molecular formula is C27H42O4S2. The van der Waals surface area contributed by atoms with E-state index in [0.717, 1.165) is 31.6 Å². The average molecular weight is 495 g/mol. The molecule has 5 fully saturated rings. The molecule has 0 spiro atoms. The number of hydrogen-bond donors (Lipinski definition) is 0. The molecule has 5 rings (SSSR count). The fourth-order valence-electron chi connectivity index (χ4n) is 9.45. The fraction of sp³-hybridized carbons (Fsp3) is 0.926. The molecule has 4 aliphatic carbocycles. The zero-order valence-electron chi connectivity index (χ0n) is 21.1. The van der Waals surface area contributed by atoms with Crippen LogP contribution in [0.1, 0.15) is 86.0 Å². The molecular weight excluding hydrogens is 452 g/mol. The Morgan fingerprint density at radius 1 is 0.818 bits per heavy atom. The van der Waals surface area contributed by atoms with Crippen LogP contribution in [0.3, 0.4) is 0 Å². The summed E-state index contributed by atoms with van der Waals surface area (Å²) in [6.07, 6.45) is 9.33. The van der Waals surface area contributed by atoms with Gasteiger partial charge in [-0.25, -0.2) is 0 Å². The SMILES string of the molecule is CC(=O)OC1CCC2(C)C(CCC3C2CC(OC(C)=O)C2(C)C3CCC2C2(C)SCCS2)C1. The van der Waals surface area contributed by atoms with Gasteiger partial charge in [-0.15, -0.1) is 23.5 Å². The van der Waals surface area contributed by atoms with Gasteiger partial charge in [0.05, 0.1) is 4.08 Å². The lowest BCUT2D eigenvalue weighted by molar-refractivity contribution is -0.195. The summed E-state index contributed by atoms with van der Waals surface area (Å²) in [5.74, 6) is 5.42. The summed E-state index contributed by atoms with van der Waals surface area (Å²) in [4.78, 5) is 23.9. The Kier molecular flexibility index (Phi) is 6.37. The Morgan fingerprint density at radius 3 is 2.18 bits per heavy atom. The van der Waals surface area contributed by atoms with Crippen molar-refractivity contribution in [2.45, 2.75) is 102 Å². The van der Waals surface area contributed by atoms with Gasteiger partial charge in [-0.3, -0.25) is 9.59 Å². The van der Waals surface area contributed by atoms with Crippen molar-refractivity contribution in [1.29, 1.82) is 0 Å². The Morgan fingerprint density at radius 2 is 1.52 bits per heavy atom. The van der Waals surface area contributed by atoms with Crippen molar-refractivity contribution in [3.8, 4) is 0 Å². The number of carbonyl (C=O) groups excluding carboxylic acids is 2. The molecule has 4 nitrogen and oxygen atoms in total. The van der Waals surface area contributed by atoms with E-state index in [-0.39, 0.29) is 39.1 Å². The highest BCUT2D eigenvalue weighted by atomic mass is 32.2. The third-order valence-electron chi connectivity index (χ3n) is 10.8. The number of fused-ring (bicyclic) bond motifs is 5. The second kappa shape index (κ2) is 8.64. The molecule has 0 radical (unpaired) electrons. The second-order valence-corrected chi connectivity index (χ2v) is 15.6. The first-order chi connectivity index (χ1) is 15.6. The van der Waals surface area contributed by atoms with Crippen LogP contribution in [0.4, 0.5) is 0 Å². The van der Waals surface area contributed by atoms with Gasteiger partial charge >= 0.3 is 11.9 Å². The van der Waals surface area contributed by atoms with Crippen LogP contribution in [0.25, 0.3) is 0 Å². The minimum absolute atomic E-state index is 0.0224. The maximum absolute atomic E-state index is 12.3. The fourth-order valence-corrected chi connectivity index (χ4v) is 12.9. The first-order valence-electron chi connectivity index (χ1n) is 13.2. The van der Waals surface area contributed by atoms with Crippen LogP contribution in [0.5, 0.6) is 0 Å². The lowest BCUT2D eigenvalue weighted by atomic mass is 9.44. The quantitative estimate of drug-likeness (QED) is 0.428. The van der Waals surface area contributed by atoms with Gasteiger partial charge in [0.15, 0.2) is 0 Å². The number of hydrogen-bond acceptors (Lipinski definition) is 6. The van der Waals surface area contributed by atoms with Crippen LogP contribution in [0.2, 0.25) is 0 Å². The monoisotopic (exact) mass is 494 g/mol. The molecule has 0 aromatic heterocycles. The minimum atomic E-state index is -0.145. The zero-order chi connectivity index (χ0) is 23.6. The molecule has 9 unspecified atom stereocenters. The first kappa shape index (κ1) is 24.3. The molecule has 1 heterocycles. The normalized spacial score (nSPS) is 48.3. The Hall–Kier alpha value is -0.360. The third kappa shape index (κ3) is 3.88. The predicted octanol–water partition coefficient (Wildman–Crippen LogP) is 6.31. The molecule has 33 heavy (non-hydrogen) atoms. The highest BCUT2D eigenvalue weighted by Gasteiger charge is 2.67. The highest BCUT2D eigenvalue weighted by molar-refractivity contribution is 8.21. The van der Waals surface area contributed by atoms with Crippen LogP contribution in [-0.2, 0) is 19.1 Å². The summed E-state index contributed by atoms with van der Waals surface area (Å²) in [6.45, 7) is 10.6. The van der Waals surface area contributed by atoms with Gasteiger partial charge < -0.3 is 9.47 Å². The van der Waals surface area contributed by atoms with Crippen molar-refractivity contribution in [2.75, 3.05) is 11.5 Å². The van der Waals surface area contributed by atoms with Gasteiger partial charge in [0.25, 0.3) is 0 Å². The van der Waals surface area contributed by atoms with Crippen LogP contribution < -0.4 is 0 Å². The van der Waals surface area contributed by atoms with Crippen LogP contribution in [0, 0.1) is 40.4 Å². The summed E-state index contributed by atoms with van der Waals surface area (Å²) in [5, 5.41) is 0. The topological polar surface area (TPSA) is 52.6 Å². The standard InChI is InChI=1S/C27H42O4S2/c1-16(28)30-19-10-11-25(3)18(14-19)6-7-20-21-8-9-23(27(5)32-12-13-33-27)26(21,4)24(15-22(20)25)31-17(2)29/h18-24H,6-15H2,1-5H3. The summed E-state index contributed by atoms with van der Waals surface area (Å²) >= 11 is 4.30. The molecule has 5 aliphatic rings. The van der Waals surface area contributed by atoms with Gasteiger partial charge in [0.1, 0.15) is 12.2 Å². The summed E-state index contributed by atoms with van der Waals surface area (Å²) < 4.78 is 12.2. The molecule has 1 aliphatic heterocycles. The van der Waals surface area contributed by atoms with Gasteiger partial charge in [0, 0.05) is 30.8 Å². The van der Waals surface area contributed by atoms with Gasteiger partial charge in [0.2, 0.25) is 0 Å². The molecule has 0 aromatic rings. The lowest BCUT2D eigenvalue weighted by Crippen LogP contribution is -2.60. The molecule has 0 bridgehead atoms. The van der Waals surface area contributed by atoms with E-state index in [1.165, 1.54) is 44.1 Å². The first-order valence-corrected chi connectivity index (χ1v) is 15.2. The zero-order valence-corrected chi connectivity index (χ0v) is 22.7. The van der Waals surface area contributed by atoms with Crippen molar-refractivity contribution in [2.24, 2.45) is 40.4 Å². The van der Waals surface area contributed by atoms with Crippen molar-refractivity contribution < 1.29 is 19.1 Å². The molecule has 6 heteroatoms. The van der Waals surface area contributed by atoms with E-state index < -0.39 is 0 Å². The van der Waals surface area contributed by atoms with Gasteiger partial charge in [-0.1, -0.05) is 13.8 Å². The van der Waals surface area contributed by atoms with Crippen molar-refractivity contribution in [3.63, 3.8) is 0 Å². The third-order valence-corrected chi connectivity index (χ3v) is 14.3. The van der Waals surface area contributed by atoms with E-state index >= 15 is 0 Å². The van der Waals surface area contributed by atoms with Crippen LogP contribution in [0.15, 0.2) is 0 Å². The maximum atomic E-state index is 12.3. The van der Waals surface area contributed by atoms with Crippen molar-refractivity contribution in [3.05, 3.63) is 0 Å². The lowest BCUT2D eigenvalue weighted by Gasteiger charge is -2.63. The Bertz CT molecular complexity index is 795. The highest BCUT2D eigenvalue weighted by Crippen LogP contribution is 2.71. The second-order valence-electron chi connectivity index (χ2n) is 12.2. The molecule has 1 saturated heterocycles. The molecule has 4 saturated carbocycles. The summed E-state index contributed by atoms with van der Waals surface area (Å²) in [7, 11) is 0. The molecule has 0 aromatic carbocycles. The Balaban J connectivity index is 1.45. The van der Waals surface area contributed by atoms with Crippen LogP contribution in [-0.4, -0.2) is 39.7 Å². The van der Waals surface area contributed by atoms with E-state index in [4.69, 9.17) is 9.47 Å². The van der Waals surface area contributed by atoms with E-state index in [2.05, 4.69) is 44.3 Å². The predicted molar refractivity (Wildman–Crippen MR) is 135 cm³/mol. The number of carbonyl (C=O) groups is 2. The molecule has 186 valence electrons. The Labute approximate surface area is 208 Å². The molecule has 0 amide bonds. The number of esters is 2. The number of rotatable bonds is 3. The smallest absolute Gasteiger partial charge is 0.302 e. The largest absolute Gasteiger partial charge is 0.463 e. The number of ether oxygens (including phenoxy) is 2. The summed E-state index contributed by atoms with van der Waals surface area (Å²) in [5.41, 5.74) is 0.336. The van der Waals surface area contributed by atoms with Crippen LogP contribution >= 0.6 is 23.5 Å². The number of thioether (sulfide) groups is 2. The van der Waals surface area contributed by atoms with Crippen molar-refractivity contribution >= 4 is 35.5 Å². The summed E-state index contributed by atoms with van der Waals surface area (Å²) in [6, 6.07) is 0. The van der Waals surface area contributed by atoms with Gasteiger partial charge in [-0.05, 0) is 93.3 Å². The maximum Gasteiger partial charge on any atom is 0.302 e. The van der Waals surface area contributed by atoms with E-state index in [0.29, 0.717) is 23.7 Å². The average Bonchev–Trinajstić information content (AvgIpc) is 3.33. The van der Waals surface area contributed by atoms with Crippen molar-refractivity contribution in [1.82, 2.24) is 0 Å². The van der Waals surface area contributed by atoms with E-state index in [9.17, 15) is 9.59 Å². The van der Waals surface area contributed by atoms with Gasteiger partial charge in [-0.2, -0.15) is 0 Å². The molecule has 9 atom stereocenters. The molecule has 0 N–H and O–H groups in total.